The highest BCUT2D eigenvalue weighted by atomic mass is 79.9. The molecule has 2 atom stereocenters. The van der Waals surface area contributed by atoms with Crippen LogP contribution in [0.4, 0.5) is 0 Å². The average molecular weight is 378 g/mol. The largest absolute Gasteiger partial charge is 0.340 e. The number of carbonyl (C=O) groups is 1. The number of halogens is 1. The number of amides is 1. The van der Waals surface area contributed by atoms with Gasteiger partial charge in [-0.15, -0.1) is 10.2 Å². The van der Waals surface area contributed by atoms with Crippen molar-refractivity contribution in [1.29, 1.82) is 0 Å². The highest BCUT2D eigenvalue weighted by Gasteiger charge is 2.25. The van der Waals surface area contributed by atoms with Crippen LogP contribution in [0.1, 0.15) is 20.3 Å². The SMILES string of the molecule is C[C@@H]1C[C@@H](C)CN(C(=O)Cn2nnc(-c3ccc(Br)cc3)n2)C1. The van der Waals surface area contributed by atoms with Crippen LogP contribution in [0.5, 0.6) is 0 Å². The van der Waals surface area contributed by atoms with Crippen molar-refractivity contribution >= 4 is 21.8 Å². The maximum atomic E-state index is 12.4. The van der Waals surface area contributed by atoms with E-state index in [4.69, 9.17) is 0 Å². The molecule has 1 aliphatic heterocycles. The van der Waals surface area contributed by atoms with E-state index in [2.05, 4.69) is 45.2 Å². The third-order valence-corrected chi connectivity index (χ3v) is 4.58. The molecule has 2 aromatic rings. The molecule has 23 heavy (non-hydrogen) atoms. The summed E-state index contributed by atoms with van der Waals surface area (Å²) < 4.78 is 0.997. The lowest BCUT2D eigenvalue weighted by Crippen LogP contribution is -2.44. The van der Waals surface area contributed by atoms with Gasteiger partial charge in [0.1, 0.15) is 6.54 Å². The molecule has 0 N–H and O–H groups in total. The fourth-order valence-electron chi connectivity index (χ4n) is 3.11. The van der Waals surface area contributed by atoms with Crippen molar-refractivity contribution in [1.82, 2.24) is 25.1 Å². The molecule has 0 unspecified atom stereocenters. The molecule has 2 heterocycles. The molecular formula is C16H20BrN5O. The van der Waals surface area contributed by atoms with Gasteiger partial charge in [0.2, 0.25) is 11.7 Å². The lowest BCUT2D eigenvalue weighted by atomic mass is 9.92. The van der Waals surface area contributed by atoms with Crippen molar-refractivity contribution in [2.45, 2.75) is 26.8 Å². The van der Waals surface area contributed by atoms with Crippen LogP contribution in [-0.2, 0) is 11.3 Å². The molecule has 0 aliphatic carbocycles. The minimum Gasteiger partial charge on any atom is -0.340 e. The van der Waals surface area contributed by atoms with Gasteiger partial charge in [0.05, 0.1) is 0 Å². The normalized spacial score (nSPS) is 21.4. The summed E-state index contributed by atoms with van der Waals surface area (Å²) in [6, 6.07) is 7.69. The van der Waals surface area contributed by atoms with E-state index in [1.807, 2.05) is 29.2 Å². The van der Waals surface area contributed by atoms with E-state index < -0.39 is 0 Å². The molecule has 0 saturated carbocycles. The third kappa shape index (κ3) is 3.96. The van der Waals surface area contributed by atoms with Gasteiger partial charge in [0, 0.05) is 23.1 Å². The van der Waals surface area contributed by atoms with E-state index in [0.29, 0.717) is 17.7 Å². The standard InChI is InChI=1S/C16H20BrN5O/c1-11-7-12(2)9-21(8-11)15(23)10-22-19-16(18-20-22)13-3-5-14(17)6-4-13/h3-6,11-12H,7-10H2,1-2H3/t11-,12-/m1/s1. The molecule has 1 aromatic carbocycles. The van der Waals surface area contributed by atoms with Crippen LogP contribution in [0.2, 0.25) is 0 Å². The van der Waals surface area contributed by atoms with Crippen LogP contribution in [0.15, 0.2) is 28.7 Å². The fraction of sp³-hybridized carbons (Fsp3) is 0.500. The summed E-state index contributed by atoms with van der Waals surface area (Å²) in [6.07, 6.45) is 1.18. The predicted molar refractivity (Wildman–Crippen MR) is 90.5 cm³/mol. The summed E-state index contributed by atoms with van der Waals surface area (Å²) in [5.41, 5.74) is 0.882. The van der Waals surface area contributed by atoms with Crippen molar-refractivity contribution in [2.24, 2.45) is 11.8 Å². The summed E-state index contributed by atoms with van der Waals surface area (Å²) in [5, 5.41) is 12.4. The summed E-state index contributed by atoms with van der Waals surface area (Å²) in [6.45, 7) is 6.16. The van der Waals surface area contributed by atoms with Gasteiger partial charge in [-0.3, -0.25) is 4.79 Å². The summed E-state index contributed by atoms with van der Waals surface area (Å²) in [7, 11) is 0. The second kappa shape index (κ2) is 6.78. The van der Waals surface area contributed by atoms with Gasteiger partial charge in [0.15, 0.2) is 0 Å². The Bertz CT molecular complexity index is 674. The van der Waals surface area contributed by atoms with Crippen LogP contribution in [0.25, 0.3) is 11.4 Å². The molecule has 7 heteroatoms. The number of hydrogen-bond acceptors (Lipinski definition) is 4. The van der Waals surface area contributed by atoms with E-state index >= 15 is 0 Å². The van der Waals surface area contributed by atoms with Gasteiger partial charge in [-0.2, -0.15) is 4.80 Å². The molecule has 6 nitrogen and oxygen atoms in total. The van der Waals surface area contributed by atoms with Gasteiger partial charge in [-0.1, -0.05) is 29.8 Å². The second-order valence-corrected chi connectivity index (χ2v) is 7.31. The first kappa shape index (κ1) is 16.1. The third-order valence-electron chi connectivity index (χ3n) is 4.05. The topological polar surface area (TPSA) is 63.9 Å². The minimum absolute atomic E-state index is 0.0585. The zero-order valence-electron chi connectivity index (χ0n) is 13.3. The molecule has 0 spiro atoms. The zero-order valence-corrected chi connectivity index (χ0v) is 14.9. The summed E-state index contributed by atoms with van der Waals surface area (Å²) in [5.74, 6) is 1.68. The number of carbonyl (C=O) groups excluding carboxylic acids is 1. The zero-order chi connectivity index (χ0) is 16.4. The van der Waals surface area contributed by atoms with E-state index in [1.54, 1.807) is 0 Å². The number of piperidine rings is 1. The van der Waals surface area contributed by atoms with Crippen molar-refractivity contribution < 1.29 is 4.79 Å². The number of nitrogens with zero attached hydrogens (tertiary/aromatic N) is 5. The van der Waals surface area contributed by atoms with Crippen molar-refractivity contribution in [3.05, 3.63) is 28.7 Å². The van der Waals surface area contributed by atoms with Crippen LogP contribution >= 0.6 is 15.9 Å². The Balaban J connectivity index is 1.66. The Kier molecular flexibility index (Phi) is 4.75. The molecule has 1 amide bonds. The Morgan fingerprint density at radius 1 is 1.22 bits per heavy atom. The van der Waals surface area contributed by atoms with Crippen molar-refractivity contribution in [3.8, 4) is 11.4 Å². The first-order valence-corrected chi connectivity index (χ1v) is 8.62. The first-order valence-electron chi connectivity index (χ1n) is 7.83. The van der Waals surface area contributed by atoms with Gasteiger partial charge in [-0.25, -0.2) is 0 Å². The Hall–Kier alpha value is -1.76. The summed E-state index contributed by atoms with van der Waals surface area (Å²) >= 11 is 3.40. The number of aromatic nitrogens is 4. The number of likely N-dealkylation sites (tertiary alicyclic amines) is 1. The molecule has 0 bridgehead atoms. The first-order chi connectivity index (χ1) is 11.0. The molecule has 1 saturated heterocycles. The summed E-state index contributed by atoms with van der Waals surface area (Å²) in [4.78, 5) is 15.7. The number of rotatable bonds is 3. The maximum absolute atomic E-state index is 12.4. The molecule has 1 aromatic heterocycles. The van der Waals surface area contributed by atoms with E-state index in [0.717, 1.165) is 23.1 Å². The van der Waals surface area contributed by atoms with Crippen LogP contribution < -0.4 is 0 Å². The molecule has 3 rings (SSSR count). The van der Waals surface area contributed by atoms with Crippen molar-refractivity contribution in [3.63, 3.8) is 0 Å². The fourth-order valence-corrected chi connectivity index (χ4v) is 3.38. The minimum atomic E-state index is 0.0585. The molecule has 1 aliphatic rings. The molecular weight excluding hydrogens is 358 g/mol. The number of hydrogen-bond donors (Lipinski definition) is 0. The van der Waals surface area contributed by atoms with Gasteiger partial charge >= 0.3 is 0 Å². The van der Waals surface area contributed by atoms with E-state index in [1.165, 1.54) is 11.2 Å². The quantitative estimate of drug-likeness (QED) is 0.824. The van der Waals surface area contributed by atoms with Gasteiger partial charge < -0.3 is 4.90 Å². The predicted octanol–water partition coefficient (Wildman–Crippen LogP) is 2.61. The Labute approximate surface area is 144 Å². The monoisotopic (exact) mass is 377 g/mol. The van der Waals surface area contributed by atoms with E-state index in [-0.39, 0.29) is 12.5 Å². The molecule has 122 valence electrons. The van der Waals surface area contributed by atoms with Gasteiger partial charge in [0.25, 0.3) is 0 Å². The second-order valence-electron chi connectivity index (χ2n) is 6.40. The number of tetrazole rings is 1. The molecule has 1 fully saturated rings. The van der Waals surface area contributed by atoms with E-state index in [9.17, 15) is 4.79 Å². The van der Waals surface area contributed by atoms with Crippen LogP contribution in [0.3, 0.4) is 0 Å². The Morgan fingerprint density at radius 2 is 1.87 bits per heavy atom. The highest BCUT2D eigenvalue weighted by molar-refractivity contribution is 9.10. The van der Waals surface area contributed by atoms with Crippen molar-refractivity contribution in [2.75, 3.05) is 13.1 Å². The van der Waals surface area contributed by atoms with Gasteiger partial charge in [-0.05, 0) is 47.7 Å². The molecule has 0 radical (unpaired) electrons. The maximum Gasteiger partial charge on any atom is 0.246 e. The van der Waals surface area contributed by atoms with Crippen LogP contribution in [0, 0.1) is 11.8 Å². The average Bonchev–Trinajstić information content (AvgIpc) is 2.95. The Morgan fingerprint density at radius 3 is 2.52 bits per heavy atom. The highest BCUT2D eigenvalue weighted by Crippen LogP contribution is 2.21. The smallest absolute Gasteiger partial charge is 0.246 e. The lowest BCUT2D eigenvalue weighted by Gasteiger charge is -2.34. The lowest BCUT2D eigenvalue weighted by molar-refractivity contribution is -0.135. The van der Waals surface area contributed by atoms with Crippen LogP contribution in [-0.4, -0.2) is 44.1 Å². The number of benzene rings is 1.